The van der Waals surface area contributed by atoms with E-state index >= 15 is 0 Å². The number of anilines is 2. The van der Waals surface area contributed by atoms with E-state index in [0.717, 1.165) is 46.8 Å². The first-order valence-electron chi connectivity index (χ1n) is 8.75. The number of non-ortho nitro benzene ring substituents is 1. The predicted molar refractivity (Wildman–Crippen MR) is 109 cm³/mol. The Hall–Kier alpha value is -3.86. The summed E-state index contributed by atoms with van der Waals surface area (Å²) in [5.74, 6) is -2.05. The first-order chi connectivity index (χ1) is 14.7. The Kier molecular flexibility index (Phi) is 6.25. The number of amides is 1. The second kappa shape index (κ2) is 8.88. The van der Waals surface area contributed by atoms with Gasteiger partial charge in [0.15, 0.2) is 0 Å². The maximum atomic E-state index is 13.3. The molecule has 0 radical (unpaired) electrons. The lowest BCUT2D eigenvalue weighted by atomic mass is 10.3. The van der Waals surface area contributed by atoms with Gasteiger partial charge in [0.2, 0.25) is 5.91 Å². The average molecular weight is 447 g/mol. The lowest BCUT2D eigenvalue weighted by Crippen LogP contribution is -2.38. The highest BCUT2D eigenvalue weighted by Crippen LogP contribution is 2.25. The van der Waals surface area contributed by atoms with Crippen LogP contribution in [0, 0.1) is 21.7 Å². The Morgan fingerprint density at radius 3 is 2.13 bits per heavy atom. The molecule has 0 fully saturated rings. The number of sulfonamides is 1. The van der Waals surface area contributed by atoms with Crippen molar-refractivity contribution in [2.45, 2.75) is 4.90 Å². The monoisotopic (exact) mass is 447 g/mol. The Labute approximate surface area is 175 Å². The predicted octanol–water partition coefficient (Wildman–Crippen LogP) is 3.71. The van der Waals surface area contributed by atoms with Crippen LogP contribution < -0.4 is 9.62 Å². The van der Waals surface area contributed by atoms with Crippen molar-refractivity contribution >= 4 is 33.0 Å². The molecule has 8 nitrogen and oxygen atoms in total. The molecule has 0 unspecified atom stereocenters. The lowest BCUT2D eigenvalue weighted by molar-refractivity contribution is -0.384. The Balaban J connectivity index is 1.92. The van der Waals surface area contributed by atoms with Gasteiger partial charge < -0.3 is 5.32 Å². The normalized spacial score (nSPS) is 11.0. The van der Waals surface area contributed by atoms with Crippen molar-refractivity contribution in [1.82, 2.24) is 0 Å². The van der Waals surface area contributed by atoms with E-state index in [1.807, 2.05) is 0 Å². The molecule has 0 atom stereocenters. The molecule has 0 aliphatic rings. The summed E-state index contributed by atoms with van der Waals surface area (Å²) in [6.07, 6.45) is 0. The van der Waals surface area contributed by atoms with Gasteiger partial charge >= 0.3 is 0 Å². The highest BCUT2D eigenvalue weighted by Gasteiger charge is 2.27. The van der Waals surface area contributed by atoms with Crippen molar-refractivity contribution < 1.29 is 26.9 Å². The molecule has 0 saturated carbocycles. The van der Waals surface area contributed by atoms with Gasteiger partial charge in [-0.3, -0.25) is 19.2 Å². The van der Waals surface area contributed by atoms with Crippen molar-refractivity contribution in [2.24, 2.45) is 0 Å². The van der Waals surface area contributed by atoms with Crippen molar-refractivity contribution in [1.29, 1.82) is 0 Å². The third-order valence-electron chi connectivity index (χ3n) is 4.14. The summed E-state index contributed by atoms with van der Waals surface area (Å²) >= 11 is 0. The molecule has 3 rings (SSSR count). The number of hydrogen-bond acceptors (Lipinski definition) is 5. The van der Waals surface area contributed by atoms with Crippen LogP contribution in [0.4, 0.5) is 25.8 Å². The molecule has 1 N–H and O–H groups in total. The van der Waals surface area contributed by atoms with Gasteiger partial charge in [0.05, 0.1) is 15.5 Å². The molecule has 0 aliphatic heterocycles. The largest absolute Gasteiger partial charge is 0.324 e. The number of hydrogen-bond donors (Lipinski definition) is 1. The first kappa shape index (κ1) is 21.8. The van der Waals surface area contributed by atoms with Crippen molar-refractivity contribution in [3.63, 3.8) is 0 Å². The number of nitro groups is 1. The number of nitrogens with one attached hydrogen (secondary N) is 1. The van der Waals surface area contributed by atoms with Gasteiger partial charge in [0.1, 0.15) is 18.2 Å². The smallest absolute Gasteiger partial charge is 0.271 e. The molecular formula is C20H15F2N3O5S. The molecule has 11 heteroatoms. The average Bonchev–Trinajstić information content (AvgIpc) is 2.73. The maximum absolute atomic E-state index is 13.3. The Morgan fingerprint density at radius 2 is 1.55 bits per heavy atom. The van der Waals surface area contributed by atoms with Crippen molar-refractivity contribution in [3.8, 4) is 0 Å². The van der Waals surface area contributed by atoms with Crippen molar-refractivity contribution in [3.05, 3.63) is 94.5 Å². The van der Waals surface area contributed by atoms with E-state index in [4.69, 9.17) is 0 Å². The maximum Gasteiger partial charge on any atom is 0.271 e. The third kappa shape index (κ3) is 5.20. The van der Waals surface area contributed by atoms with Crippen LogP contribution >= 0.6 is 0 Å². The van der Waals surface area contributed by atoms with E-state index < -0.39 is 39.0 Å². The molecule has 31 heavy (non-hydrogen) atoms. The molecule has 3 aromatic carbocycles. The van der Waals surface area contributed by atoms with E-state index in [9.17, 15) is 32.1 Å². The van der Waals surface area contributed by atoms with Crippen LogP contribution in [-0.2, 0) is 14.8 Å². The van der Waals surface area contributed by atoms with E-state index in [1.54, 1.807) is 0 Å². The fraction of sp³-hybridized carbons (Fsp3) is 0.0500. The SMILES string of the molecule is O=C(CN(c1ccc(F)cc1)S(=O)(=O)c1ccc(F)cc1)Nc1cccc([N+](=O)[O-])c1. The summed E-state index contributed by atoms with van der Waals surface area (Å²) in [6.45, 7) is -0.714. The van der Waals surface area contributed by atoms with Crippen LogP contribution in [0.15, 0.2) is 77.7 Å². The van der Waals surface area contributed by atoms with Gasteiger partial charge in [-0.15, -0.1) is 0 Å². The summed E-state index contributed by atoms with van der Waals surface area (Å²) in [7, 11) is -4.32. The minimum Gasteiger partial charge on any atom is -0.324 e. The van der Waals surface area contributed by atoms with E-state index in [0.29, 0.717) is 0 Å². The van der Waals surface area contributed by atoms with Gasteiger partial charge in [-0.2, -0.15) is 0 Å². The number of carbonyl (C=O) groups excluding carboxylic acids is 1. The third-order valence-corrected chi connectivity index (χ3v) is 5.93. The summed E-state index contributed by atoms with van der Waals surface area (Å²) in [6, 6.07) is 13.5. The number of halogens is 2. The molecule has 1 amide bonds. The number of nitro benzene ring substituents is 1. The van der Waals surface area contributed by atoms with E-state index in [2.05, 4.69) is 5.32 Å². The molecule has 160 valence electrons. The molecule has 0 aromatic heterocycles. The highest BCUT2D eigenvalue weighted by atomic mass is 32.2. The fourth-order valence-electron chi connectivity index (χ4n) is 2.68. The van der Waals surface area contributed by atoms with E-state index in [-0.39, 0.29) is 22.0 Å². The Morgan fingerprint density at radius 1 is 0.968 bits per heavy atom. The first-order valence-corrected chi connectivity index (χ1v) is 10.2. The number of benzene rings is 3. The van der Waals surface area contributed by atoms with Crippen LogP contribution in [0.2, 0.25) is 0 Å². The summed E-state index contributed by atoms with van der Waals surface area (Å²) in [5.41, 5.74) is -0.163. The molecule has 0 heterocycles. The van der Waals surface area contributed by atoms with E-state index in [1.165, 1.54) is 30.3 Å². The second-order valence-corrected chi connectivity index (χ2v) is 8.16. The van der Waals surface area contributed by atoms with Gasteiger partial charge in [-0.25, -0.2) is 17.2 Å². The van der Waals surface area contributed by atoms with Crippen molar-refractivity contribution in [2.75, 3.05) is 16.2 Å². The molecule has 0 spiro atoms. The fourth-order valence-corrected chi connectivity index (χ4v) is 4.11. The zero-order valence-electron chi connectivity index (χ0n) is 15.7. The standard InChI is InChI=1S/C20H15F2N3O5S/c21-14-4-8-17(9-5-14)24(31(29,30)19-10-6-15(22)7-11-19)13-20(26)23-16-2-1-3-18(12-16)25(27)28/h1-12H,13H2,(H,23,26). The molecule has 0 aliphatic carbocycles. The molecule has 0 bridgehead atoms. The molecular weight excluding hydrogens is 432 g/mol. The van der Waals surface area contributed by atoms with Gasteiger partial charge in [-0.1, -0.05) is 6.07 Å². The highest BCUT2D eigenvalue weighted by molar-refractivity contribution is 7.92. The van der Waals surface area contributed by atoms with Crippen LogP contribution in [0.3, 0.4) is 0 Å². The number of nitrogens with zero attached hydrogens (tertiary/aromatic N) is 2. The second-order valence-electron chi connectivity index (χ2n) is 6.30. The Bertz CT molecular complexity index is 1220. The minimum absolute atomic E-state index is 0.0000766. The van der Waals surface area contributed by atoms with Gasteiger partial charge in [-0.05, 0) is 54.6 Å². The zero-order valence-corrected chi connectivity index (χ0v) is 16.6. The molecule has 0 saturated heterocycles. The summed E-state index contributed by atoms with van der Waals surface area (Å²) < 4.78 is 53.5. The topological polar surface area (TPSA) is 110 Å². The lowest BCUT2D eigenvalue weighted by Gasteiger charge is -2.24. The minimum atomic E-state index is -4.32. The quantitative estimate of drug-likeness (QED) is 0.439. The zero-order chi connectivity index (χ0) is 22.6. The van der Waals surface area contributed by atoms with Gasteiger partial charge in [0, 0.05) is 17.8 Å². The summed E-state index contributed by atoms with van der Waals surface area (Å²) in [4.78, 5) is 22.5. The van der Waals surface area contributed by atoms with Crippen LogP contribution in [0.25, 0.3) is 0 Å². The molecule has 3 aromatic rings. The number of rotatable bonds is 7. The van der Waals surface area contributed by atoms with Crippen LogP contribution in [0.1, 0.15) is 0 Å². The van der Waals surface area contributed by atoms with Crippen LogP contribution in [-0.4, -0.2) is 25.8 Å². The van der Waals surface area contributed by atoms with Crippen LogP contribution in [0.5, 0.6) is 0 Å². The number of carbonyl (C=O) groups is 1. The summed E-state index contributed by atoms with van der Waals surface area (Å²) in [5, 5.41) is 13.3. The van der Waals surface area contributed by atoms with Gasteiger partial charge in [0.25, 0.3) is 15.7 Å².